The SMILES string of the molecule is CCCCc1ccc(CC(Br)C(=O)C(C)(C)C)cc1. The van der Waals surface area contributed by atoms with Crippen LogP contribution < -0.4 is 0 Å². The highest BCUT2D eigenvalue weighted by Crippen LogP contribution is 2.23. The highest BCUT2D eigenvalue weighted by molar-refractivity contribution is 9.10. The Morgan fingerprint density at radius 1 is 1.16 bits per heavy atom. The molecule has 106 valence electrons. The molecule has 1 unspecified atom stereocenters. The van der Waals surface area contributed by atoms with Crippen LogP contribution in [0.3, 0.4) is 0 Å². The van der Waals surface area contributed by atoms with Crippen molar-refractivity contribution >= 4 is 21.7 Å². The molecule has 19 heavy (non-hydrogen) atoms. The van der Waals surface area contributed by atoms with Gasteiger partial charge in [-0.25, -0.2) is 0 Å². The predicted molar refractivity (Wildman–Crippen MR) is 85.9 cm³/mol. The van der Waals surface area contributed by atoms with Gasteiger partial charge in [-0.1, -0.05) is 74.3 Å². The first kappa shape index (κ1) is 16.4. The van der Waals surface area contributed by atoms with Gasteiger partial charge in [-0.05, 0) is 30.4 Å². The molecule has 0 saturated heterocycles. The summed E-state index contributed by atoms with van der Waals surface area (Å²) in [5.74, 6) is 0.266. The molecule has 1 atom stereocenters. The molecule has 0 spiro atoms. The number of carbonyl (C=O) groups excluding carboxylic acids is 1. The van der Waals surface area contributed by atoms with Gasteiger partial charge in [-0.3, -0.25) is 4.79 Å². The predicted octanol–water partition coefficient (Wildman–Crippen LogP) is 4.95. The number of aryl methyl sites for hydroxylation is 1. The third kappa shape index (κ3) is 5.48. The van der Waals surface area contributed by atoms with Gasteiger partial charge >= 0.3 is 0 Å². The van der Waals surface area contributed by atoms with Crippen LogP contribution in [-0.4, -0.2) is 10.6 Å². The quantitative estimate of drug-likeness (QED) is 0.676. The summed E-state index contributed by atoms with van der Waals surface area (Å²) in [6, 6.07) is 8.67. The fourth-order valence-corrected chi connectivity index (χ4v) is 3.05. The molecular weight excluding hydrogens is 300 g/mol. The molecule has 0 aliphatic heterocycles. The summed E-state index contributed by atoms with van der Waals surface area (Å²) in [5, 5.41) is 0. The van der Waals surface area contributed by atoms with Crippen molar-refractivity contribution in [2.45, 2.75) is 58.2 Å². The first-order valence-electron chi connectivity index (χ1n) is 7.10. The summed E-state index contributed by atoms with van der Waals surface area (Å²) in [4.78, 5) is 12.0. The molecule has 1 aromatic rings. The molecule has 0 aromatic heterocycles. The van der Waals surface area contributed by atoms with Gasteiger partial charge in [0.05, 0.1) is 4.83 Å². The van der Waals surface area contributed by atoms with E-state index in [0.717, 1.165) is 12.8 Å². The topological polar surface area (TPSA) is 17.1 Å². The number of carbonyl (C=O) groups is 1. The molecule has 0 amide bonds. The van der Waals surface area contributed by atoms with Crippen molar-refractivity contribution in [3.8, 4) is 0 Å². The number of benzene rings is 1. The lowest BCUT2D eigenvalue weighted by molar-refractivity contribution is -0.125. The van der Waals surface area contributed by atoms with Gasteiger partial charge in [-0.15, -0.1) is 0 Å². The minimum Gasteiger partial charge on any atom is -0.298 e. The Hall–Kier alpha value is -0.630. The van der Waals surface area contributed by atoms with Crippen LogP contribution in [0, 0.1) is 5.41 Å². The van der Waals surface area contributed by atoms with Crippen LogP contribution in [0.5, 0.6) is 0 Å². The van der Waals surface area contributed by atoms with Crippen LogP contribution in [0.1, 0.15) is 51.7 Å². The second-order valence-electron chi connectivity index (χ2n) is 6.21. The Morgan fingerprint density at radius 2 is 1.68 bits per heavy atom. The van der Waals surface area contributed by atoms with Crippen LogP contribution in [0.4, 0.5) is 0 Å². The summed E-state index contributed by atoms with van der Waals surface area (Å²) in [7, 11) is 0. The third-order valence-electron chi connectivity index (χ3n) is 3.28. The number of ketones is 1. The smallest absolute Gasteiger partial charge is 0.152 e. The van der Waals surface area contributed by atoms with Crippen LogP contribution in [0.25, 0.3) is 0 Å². The van der Waals surface area contributed by atoms with Gasteiger partial charge in [-0.2, -0.15) is 0 Å². The van der Waals surface area contributed by atoms with E-state index in [1.54, 1.807) is 0 Å². The molecule has 0 heterocycles. The van der Waals surface area contributed by atoms with E-state index >= 15 is 0 Å². The number of hydrogen-bond donors (Lipinski definition) is 0. The van der Waals surface area contributed by atoms with Gasteiger partial charge in [0, 0.05) is 5.41 Å². The molecule has 0 aliphatic carbocycles. The molecule has 0 bridgehead atoms. The van der Waals surface area contributed by atoms with Gasteiger partial charge in [0.25, 0.3) is 0 Å². The second kappa shape index (κ2) is 7.23. The first-order chi connectivity index (χ1) is 8.84. The fraction of sp³-hybridized carbons (Fsp3) is 0.588. The number of alkyl halides is 1. The molecule has 2 heteroatoms. The van der Waals surface area contributed by atoms with E-state index in [9.17, 15) is 4.79 Å². The lowest BCUT2D eigenvalue weighted by atomic mass is 9.87. The van der Waals surface area contributed by atoms with Gasteiger partial charge in [0.1, 0.15) is 0 Å². The first-order valence-corrected chi connectivity index (χ1v) is 8.02. The summed E-state index contributed by atoms with van der Waals surface area (Å²) in [5.41, 5.74) is 2.33. The maximum absolute atomic E-state index is 12.1. The molecule has 1 aromatic carbocycles. The van der Waals surface area contributed by atoms with E-state index in [4.69, 9.17) is 0 Å². The Bertz CT molecular complexity index is 400. The summed E-state index contributed by atoms with van der Waals surface area (Å²) in [6.45, 7) is 8.12. The number of unbranched alkanes of at least 4 members (excludes halogenated alkanes) is 1. The molecule has 0 aliphatic rings. The normalized spacial score (nSPS) is 13.3. The molecule has 0 N–H and O–H groups in total. The van der Waals surface area contributed by atoms with E-state index < -0.39 is 0 Å². The zero-order chi connectivity index (χ0) is 14.5. The average molecular weight is 325 g/mol. The van der Waals surface area contributed by atoms with Gasteiger partial charge in [0.15, 0.2) is 5.78 Å². The van der Waals surface area contributed by atoms with Crippen molar-refractivity contribution in [1.29, 1.82) is 0 Å². The fourth-order valence-electron chi connectivity index (χ4n) is 1.99. The van der Waals surface area contributed by atoms with Crippen molar-refractivity contribution in [3.63, 3.8) is 0 Å². The molecule has 1 nitrogen and oxygen atoms in total. The molecular formula is C17H25BrO. The van der Waals surface area contributed by atoms with Crippen molar-refractivity contribution in [1.82, 2.24) is 0 Å². The van der Waals surface area contributed by atoms with E-state index in [1.165, 1.54) is 24.0 Å². The summed E-state index contributed by atoms with van der Waals surface area (Å²) in [6.07, 6.45) is 4.38. The maximum atomic E-state index is 12.1. The zero-order valence-electron chi connectivity index (χ0n) is 12.5. The number of Topliss-reactive ketones (excluding diaryl/α,β-unsaturated/α-hetero) is 1. The van der Waals surface area contributed by atoms with E-state index in [2.05, 4.69) is 47.1 Å². The minimum atomic E-state index is -0.283. The Labute approximate surface area is 125 Å². The lowest BCUT2D eigenvalue weighted by Gasteiger charge is -2.20. The van der Waals surface area contributed by atoms with Crippen LogP contribution in [0.2, 0.25) is 0 Å². The van der Waals surface area contributed by atoms with Crippen molar-refractivity contribution in [2.24, 2.45) is 5.41 Å². The molecule has 0 fully saturated rings. The van der Waals surface area contributed by atoms with E-state index in [-0.39, 0.29) is 16.0 Å². The lowest BCUT2D eigenvalue weighted by Crippen LogP contribution is -2.29. The highest BCUT2D eigenvalue weighted by atomic mass is 79.9. The monoisotopic (exact) mass is 324 g/mol. The van der Waals surface area contributed by atoms with Crippen molar-refractivity contribution in [2.75, 3.05) is 0 Å². The van der Waals surface area contributed by atoms with Crippen LogP contribution >= 0.6 is 15.9 Å². The van der Waals surface area contributed by atoms with Crippen LogP contribution in [0.15, 0.2) is 24.3 Å². The van der Waals surface area contributed by atoms with Gasteiger partial charge < -0.3 is 0 Å². The highest BCUT2D eigenvalue weighted by Gasteiger charge is 2.27. The molecule has 0 radical (unpaired) electrons. The summed E-state index contributed by atoms with van der Waals surface area (Å²) >= 11 is 3.53. The maximum Gasteiger partial charge on any atom is 0.152 e. The van der Waals surface area contributed by atoms with Crippen molar-refractivity contribution < 1.29 is 4.79 Å². The summed E-state index contributed by atoms with van der Waals surface area (Å²) < 4.78 is 0. The second-order valence-corrected chi connectivity index (χ2v) is 7.31. The van der Waals surface area contributed by atoms with Crippen LogP contribution in [-0.2, 0) is 17.6 Å². The molecule has 0 saturated carbocycles. The van der Waals surface area contributed by atoms with Gasteiger partial charge in [0.2, 0.25) is 0 Å². The number of hydrogen-bond acceptors (Lipinski definition) is 1. The third-order valence-corrected chi connectivity index (χ3v) is 4.02. The number of halogens is 1. The van der Waals surface area contributed by atoms with E-state index in [0.29, 0.717) is 0 Å². The Kier molecular flexibility index (Phi) is 6.25. The minimum absolute atomic E-state index is 0.0889. The zero-order valence-corrected chi connectivity index (χ0v) is 14.1. The largest absolute Gasteiger partial charge is 0.298 e. The molecule has 1 rings (SSSR count). The Balaban J connectivity index is 2.60. The standard InChI is InChI=1S/C17H25BrO/c1-5-6-7-13-8-10-14(11-9-13)12-15(18)16(19)17(2,3)4/h8-11,15H,5-7,12H2,1-4H3. The number of rotatable bonds is 6. The van der Waals surface area contributed by atoms with Crippen molar-refractivity contribution in [3.05, 3.63) is 35.4 Å². The average Bonchev–Trinajstić information content (AvgIpc) is 2.36. The Morgan fingerprint density at radius 3 is 2.16 bits per heavy atom. The van der Waals surface area contributed by atoms with E-state index in [1.807, 2.05) is 20.8 Å².